The van der Waals surface area contributed by atoms with Crippen LogP contribution in [0.4, 0.5) is 0 Å². The van der Waals surface area contributed by atoms with Gasteiger partial charge in [0.05, 0.1) is 0 Å². The van der Waals surface area contributed by atoms with Gasteiger partial charge in [-0.2, -0.15) is 0 Å². The van der Waals surface area contributed by atoms with Crippen LogP contribution in [0.3, 0.4) is 0 Å². The second kappa shape index (κ2) is 6.04. The van der Waals surface area contributed by atoms with Crippen LogP contribution in [0.1, 0.15) is 18.4 Å². The maximum Gasteiger partial charge on any atom is 0.228 e. The van der Waals surface area contributed by atoms with E-state index in [0.717, 1.165) is 19.3 Å². The predicted octanol–water partition coefficient (Wildman–Crippen LogP) is 2.47. The highest BCUT2D eigenvalue weighted by atomic mass is 35.5. The summed E-state index contributed by atoms with van der Waals surface area (Å²) in [5.74, 6) is 0.578. The molecule has 18 heavy (non-hydrogen) atoms. The van der Waals surface area contributed by atoms with Crippen LogP contribution in [0, 0.1) is 5.92 Å². The first-order valence-corrected chi connectivity index (χ1v) is 8.34. The van der Waals surface area contributed by atoms with E-state index in [-0.39, 0.29) is 5.21 Å². The zero-order valence-electron chi connectivity index (χ0n) is 10.3. The highest BCUT2D eigenvalue weighted by Crippen LogP contribution is 2.23. The van der Waals surface area contributed by atoms with Gasteiger partial charge in [-0.1, -0.05) is 30.3 Å². The summed E-state index contributed by atoms with van der Waals surface area (Å²) in [4.78, 5) is 0. The summed E-state index contributed by atoms with van der Waals surface area (Å²) >= 11 is 5.46. The van der Waals surface area contributed by atoms with Gasteiger partial charge in [0, 0.05) is 13.1 Å². The Bertz CT molecular complexity index is 467. The lowest BCUT2D eigenvalue weighted by Crippen LogP contribution is -2.39. The molecule has 1 aromatic rings. The Morgan fingerprint density at radius 3 is 2.33 bits per heavy atom. The molecule has 1 aromatic carbocycles. The van der Waals surface area contributed by atoms with Crippen molar-refractivity contribution in [2.75, 3.05) is 18.3 Å². The van der Waals surface area contributed by atoms with Crippen molar-refractivity contribution in [1.29, 1.82) is 0 Å². The van der Waals surface area contributed by atoms with Gasteiger partial charge < -0.3 is 0 Å². The lowest BCUT2D eigenvalue weighted by atomic mass is 9.91. The average molecular weight is 288 g/mol. The van der Waals surface area contributed by atoms with E-state index in [1.54, 1.807) is 0 Å². The maximum absolute atomic E-state index is 11.6. The summed E-state index contributed by atoms with van der Waals surface area (Å²) in [6, 6.07) is 10.4. The normalized spacial score (nSPS) is 18.9. The van der Waals surface area contributed by atoms with E-state index < -0.39 is 10.0 Å². The third kappa shape index (κ3) is 3.46. The van der Waals surface area contributed by atoms with Gasteiger partial charge in [0.25, 0.3) is 0 Å². The summed E-state index contributed by atoms with van der Waals surface area (Å²) in [5.41, 5.74) is 1.33. The molecular formula is C13H18ClNO2S. The first-order chi connectivity index (χ1) is 8.62. The number of hydrogen-bond acceptors (Lipinski definition) is 2. The minimum Gasteiger partial charge on any atom is -0.211 e. The lowest BCUT2D eigenvalue weighted by molar-refractivity contribution is 0.274. The van der Waals surface area contributed by atoms with Crippen LogP contribution in [0.25, 0.3) is 0 Å². The molecule has 1 heterocycles. The van der Waals surface area contributed by atoms with E-state index in [1.165, 1.54) is 9.87 Å². The molecule has 5 heteroatoms. The Hall–Kier alpha value is -0.580. The van der Waals surface area contributed by atoms with E-state index >= 15 is 0 Å². The van der Waals surface area contributed by atoms with Gasteiger partial charge in [-0.25, -0.2) is 12.7 Å². The van der Waals surface area contributed by atoms with Gasteiger partial charge in [0.1, 0.15) is 5.21 Å². The maximum atomic E-state index is 11.6. The molecule has 2 rings (SSSR count). The van der Waals surface area contributed by atoms with Crippen molar-refractivity contribution < 1.29 is 8.42 Å². The molecule has 0 unspecified atom stereocenters. The Balaban J connectivity index is 1.88. The van der Waals surface area contributed by atoms with E-state index in [0.29, 0.717) is 19.0 Å². The predicted molar refractivity (Wildman–Crippen MR) is 74.1 cm³/mol. The van der Waals surface area contributed by atoms with Gasteiger partial charge in [-0.15, -0.1) is 11.6 Å². The highest BCUT2D eigenvalue weighted by molar-refractivity contribution is 7.90. The number of halogens is 1. The fraction of sp³-hybridized carbons (Fsp3) is 0.538. The van der Waals surface area contributed by atoms with E-state index in [2.05, 4.69) is 12.1 Å². The van der Waals surface area contributed by atoms with Gasteiger partial charge in [-0.05, 0) is 30.7 Å². The van der Waals surface area contributed by atoms with E-state index in [1.807, 2.05) is 18.2 Å². The monoisotopic (exact) mass is 287 g/mol. The molecule has 0 saturated carbocycles. The quantitative estimate of drug-likeness (QED) is 0.798. The van der Waals surface area contributed by atoms with Gasteiger partial charge in [0.15, 0.2) is 0 Å². The van der Waals surface area contributed by atoms with Crippen LogP contribution >= 0.6 is 11.6 Å². The zero-order valence-corrected chi connectivity index (χ0v) is 11.8. The Kier molecular flexibility index (Phi) is 4.65. The number of nitrogens with zero attached hydrogens (tertiary/aromatic N) is 1. The molecule has 1 aliphatic heterocycles. The van der Waals surface area contributed by atoms with Gasteiger partial charge >= 0.3 is 0 Å². The number of alkyl halides is 1. The Morgan fingerprint density at radius 1 is 1.17 bits per heavy atom. The van der Waals surface area contributed by atoms with Crippen molar-refractivity contribution in [2.24, 2.45) is 5.92 Å². The molecule has 0 aromatic heterocycles. The summed E-state index contributed by atoms with van der Waals surface area (Å²) in [5, 5.41) is -0.309. The molecule has 1 fully saturated rings. The fourth-order valence-electron chi connectivity index (χ4n) is 2.41. The van der Waals surface area contributed by atoms with Crippen LogP contribution in [-0.4, -0.2) is 31.0 Å². The van der Waals surface area contributed by atoms with Crippen molar-refractivity contribution >= 4 is 21.6 Å². The fourth-order valence-corrected chi connectivity index (χ4v) is 3.73. The molecule has 0 amide bonds. The number of rotatable bonds is 4. The van der Waals surface area contributed by atoms with Crippen molar-refractivity contribution in [3.05, 3.63) is 35.9 Å². The highest BCUT2D eigenvalue weighted by Gasteiger charge is 2.27. The number of piperidine rings is 1. The zero-order chi connectivity index (χ0) is 13.0. The number of benzene rings is 1. The lowest BCUT2D eigenvalue weighted by Gasteiger charge is -2.30. The summed E-state index contributed by atoms with van der Waals surface area (Å²) < 4.78 is 24.7. The molecule has 1 aliphatic rings. The van der Waals surface area contributed by atoms with E-state index in [4.69, 9.17) is 11.6 Å². The molecule has 0 bridgehead atoms. The Morgan fingerprint density at radius 2 is 1.78 bits per heavy atom. The van der Waals surface area contributed by atoms with Crippen LogP contribution in [-0.2, 0) is 16.4 Å². The van der Waals surface area contributed by atoms with Crippen LogP contribution < -0.4 is 0 Å². The van der Waals surface area contributed by atoms with Crippen molar-refractivity contribution in [3.63, 3.8) is 0 Å². The molecule has 0 radical (unpaired) electrons. The molecule has 0 spiro atoms. The molecule has 100 valence electrons. The molecule has 0 atom stereocenters. The van der Waals surface area contributed by atoms with Crippen molar-refractivity contribution in [1.82, 2.24) is 4.31 Å². The summed E-state index contributed by atoms with van der Waals surface area (Å²) in [7, 11) is -3.22. The van der Waals surface area contributed by atoms with Crippen molar-refractivity contribution in [3.8, 4) is 0 Å². The topological polar surface area (TPSA) is 37.4 Å². The average Bonchev–Trinajstić information content (AvgIpc) is 2.40. The number of hydrogen-bond donors (Lipinski definition) is 0. The second-order valence-electron chi connectivity index (χ2n) is 4.75. The summed E-state index contributed by atoms with van der Waals surface area (Å²) in [6.07, 6.45) is 2.88. The van der Waals surface area contributed by atoms with Crippen LogP contribution in [0.15, 0.2) is 30.3 Å². The van der Waals surface area contributed by atoms with Crippen LogP contribution in [0.5, 0.6) is 0 Å². The number of sulfonamides is 1. The second-order valence-corrected chi connectivity index (χ2v) is 7.31. The third-order valence-corrected chi connectivity index (χ3v) is 5.73. The molecule has 0 aliphatic carbocycles. The molecule has 0 N–H and O–H groups in total. The van der Waals surface area contributed by atoms with Gasteiger partial charge in [-0.3, -0.25) is 0 Å². The van der Waals surface area contributed by atoms with Gasteiger partial charge in [0.2, 0.25) is 10.0 Å². The Labute approximate surface area is 114 Å². The summed E-state index contributed by atoms with van der Waals surface area (Å²) in [6.45, 7) is 1.21. The molecule has 1 saturated heterocycles. The van der Waals surface area contributed by atoms with Crippen LogP contribution in [0.2, 0.25) is 0 Å². The first-order valence-electron chi connectivity index (χ1n) is 6.19. The largest absolute Gasteiger partial charge is 0.228 e. The minimum atomic E-state index is -3.22. The minimum absolute atomic E-state index is 0.309. The molecule has 3 nitrogen and oxygen atoms in total. The molecular weight excluding hydrogens is 270 g/mol. The van der Waals surface area contributed by atoms with E-state index in [9.17, 15) is 8.42 Å². The third-order valence-electron chi connectivity index (χ3n) is 3.47. The first kappa shape index (κ1) is 13.8. The standard InChI is InChI=1S/C13H18ClNO2S/c14-11-18(16,17)15-8-6-13(7-9-15)10-12-4-2-1-3-5-12/h1-5,13H,6-11H2. The SMILES string of the molecule is O=S(=O)(CCl)N1CCC(Cc2ccccc2)CC1. The van der Waals surface area contributed by atoms with Crippen molar-refractivity contribution in [2.45, 2.75) is 19.3 Å². The smallest absolute Gasteiger partial charge is 0.211 e.